The maximum atomic E-state index is 13.7. The second-order valence-corrected chi connectivity index (χ2v) is 11.8. The molecule has 1 saturated carbocycles. The molecule has 10 nitrogen and oxygen atoms in total. The Labute approximate surface area is 236 Å². The van der Waals surface area contributed by atoms with Gasteiger partial charge in [0, 0.05) is 12.3 Å². The van der Waals surface area contributed by atoms with Gasteiger partial charge >= 0.3 is 0 Å². The van der Waals surface area contributed by atoms with E-state index in [1.807, 2.05) is 0 Å². The van der Waals surface area contributed by atoms with E-state index in [2.05, 4.69) is 10.6 Å². The normalized spacial score (nSPS) is 23.2. The van der Waals surface area contributed by atoms with Gasteiger partial charge in [0.15, 0.2) is 5.78 Å². The Hall–Kier alpha value is -2.98. The van der Waals surface area contributed by atoms with Crippen LogP contribution >= 0.6 is 0 Å². The number of Topliss-reactive ketones (excluding diaryl/α,β-unsaturated/α-hetero) is 1. The van der Waals surface area contributed by atoms with Crippen LogP contribution in [0.25, 0.3) is 0 Å². The van der Waals surface area contributed by atoms with Crippen molar-refractivity contribution < 1.29 is 33.8 Å². The molecule has 1 aliphatic heterocycles. The Morgan fingerprint density at radius 2 is 1.70 bits per heavy atom. The van der Waals surface area contributed by atoms with Gasteiger partial charge in [-0.25, -0.2) is 0 Å². The zero-order valence-electron chi connectivity index (χ0n) is 24.3. The Kier molecular flexibility index (Phi) is 10.3. The highest BCUT2D eigenvalue weighted by Crippen LogP contribution is 2.34. The van der Waals surface area contributed by atoms with E-state index in [1.54, 1.807) is 45.2 Å². The van der Waals surface area contributed by atoms with Crippen molar-refractivity contribution in [3.63, 3.8) is 0 Å². The van der Waals surface area contributed by atoms with Gasteiger partial charge in [-0.3, -0.25) is 19.2 Å². The molecule has 222 valence electrons. The Morgan fingerprint density at radius 3 is 2.20 bits per heavy atom. The summed E-state index contributed by atoms with van der Waals surface area (Å²) in [5.74, 6) is -3.25. The van der Waals surface area contributed by atoms with E-state index < -0.39 is 52.8 Å². The fourth-order valence-electron chi connectivity index (χ4n) is 5.67. The van der Waals surface area contributed by atoms with Crippen molar-refractivity contribution in [1.29, 1.82) is 0 Å². The number of ketones is 1. The van der Waals surface area contributed by atoms with Crippen molar-refractivity contribution in [2.75, 3.05) is 13.7 Å². The fraction of sp³-hybridized carbons (Fsp3) is 0.667. The molecule has 1 heterocycles. The van der Waals surface area contributed by atoms with Gasteiger partial charge < -0.3 is 30.9 Å². The van der Waals surface area contributed by atoms with Crippen LogP contribution in [0.15, 0.2) is 24.3 Å². The monoisotopic (exact) mass is 559 g/mol. The lowest BCUT2D eigenvalue weighted by Crippen LogP contribution is -2.57. The zero-order valence-corrected chi connectivity index (χ0v) is 24.3. The lowest BCUT2D eigenvalue weighted by atomic mass is 9.77. The number of primary amides is 1. The number of hydrogen-bond donors (Lipinski definition) is 4. The molecule has 0 radical (unpaired) electrons. The second kappa shape index (κ2) is 13.1. The molecule has 1 saturated heterocycles. The van der Waals surface area contributed by atoms with Crippen molar-refractivity contribution in [2.45, 2.75) is 95.9 Å². The first kappa shape index (κ1) is 31.5. The van der Waals surface area contributed by atoms with Gasteiger partial charge in [0.1, 0.15) is 17.4 Å². The van der Waals surface area contributed by atoms with Crippen LogP contribution in [0.4, 0.5) is 0 Å². The molecule has 5 N–H and O–H groups in total. The van der Waals surface area contributed by atoms with Gasteiger partial charge in [0.2, 0.25) is 17.7 Å². The number of benzene rings is 1. The number of amides is 3. The van der Waals surface area contributed by atoms with E-state index in [9.17, 15) is 24.3 Å². The average Bonchev–Trinajstić information content (AvgIpc) is 3.45. The summed E-state index contributed by atoms with van der Waals surface area (Å²) in [6.45, 7) is 6.72. The molecule has 1 aromatic rings. The molecule has 6 atom stereocenters. The first-order valence-corrected chi connectivity index (χ1v) is 14.2. The molecule has 0 bridgehead atoms. The fourth-order valence-corrected chi connectivity index (χ4v) is 5.67. The number of nitrogens with one attached hydrogen (secondary N) is 2. The van der Waals surface area contributed by atoms with Crippen molar-refractivity contribution in [3.8, 4) is 5.75 Å². The number of nitrogens with two attached hydrogens (primary N) is 1. The minimum Gasteiger partial charge on any atom is -0.497 e. The Morgan fingerprint density at radius 1 is 1.12 bits per heavy atom. The molecule has 2 unspecified atom stereocenters. The highest BCUT2D eigenvalue weighted by molar-refractivity contribution is 5.98. The van der Waals surface area contributed by atoms with E-state index in [0.717, 1.165) is 31.2 Å². The maximum Gasteiger partial charge on any atom is 0.243 e. The number of aliphatic hydroxyl groups is 1. The smallest absolute Gasteiger partial charge is 0.243 e. The van der Waals surface area contributed by atoms with Gasteiger partial charge in [-0.2, -0.15) is 0 Å². The van der Waals surface area contributed by atoms with Crippen molar-refractivity contribution >= 4 is 23.5 Å². The third-order valence-electron chi connectivity index (χ3n) is 8.61. The molecule has 2 fully saturated rings. The predicted molar refractivity (Wildman–Crippen MR) is 149 cm³/mol. The molecule has 3 amide bonds. The number of rotatable bonds is 15. The van der Waals surface area contributed by atoms with Crippen LogP contribution < -0.4 is 21.1 Å². The highest BCUT2D eigenvalue weighted by Gasteiger charge is 2.50. The summed E-state index contributed by atoms with van der Waals surface area (Å²) in [6.07, 6.45) is 5.08. The lowest BCUT2D eigenvalue weighted by Gasteiger charge is -2.34. The molecule has 3 rings (SSSR count). The summed E-state index contributed by atoms with van der Waals surface area (Å²) in [5, 5.41) is 16.5. The van der Waals surface area contributed by atoms with Gasteiger partial charge in [0.25, 0.3) is 0 Å². The van der Waals surface area contributed by atoms with Crippen LogP contribution in [0.2, 0.25) is 0 Å². The van der Waals surface area contributed by atoms with E-state index >= 15 is 0 Å². The quantitative estimate of drug-likeness (QED) is 0.239. The number of epoxide rings is 1. The lowest BCUT2D eigenvalue weighted by molar-refractivity contribution is -0.144. The summed E-state index contributed by atoms with van der Waals surface area (Å²) in [4.78, 5) is 52.7. The van der Waals surface area contributed by atoms with E-state index in [1.165, 1.54) is 13.8 Å². The predicted octanol–water partition coefficient (Wildman–Crippen LogP) is 2.04. The first-order valence-electron chi connectivity index (χ1n) is 14.2. The van der Waals surface area contributed by atoms with Gasteiger partial charge in [0.05, 0.1) is 31.3 Å². The van der Waals surface area contributed by atoms with Gasteiger partial charge in [-0.15, -0.1) is 0 Å². The zero-order chi connectivity index (χ0) is 29.7. The summed E-state index contributed by atoms with van der Waals surface area (Å²) in [5.41, 5.74) is 3.94. The average molecular weight is 560 g/mol. The molecular weight excluding hydrogens is 514 g/mol. The molecule has 0 aromatic heterocycles. The van der Waals surface area contributed by atoms with E-state index in [0.29, 0.717) is 24.7 Å². The number of methoxy groups -OCH3 is 1. The minimum atomic E-state index is -1.51. The largest absolute Gasteiger partial charge is 0.497 e. The van der Waals surface area contributed by atoms with Crippen LogP contribution in [0.1, 0.15) is 71.8 Å². The third kappa shape index (κ3) is 7.81. The summed E-state index contributed by atoms with van der Waals surface area (Å²) >= 11 is 0. The van der Waals surface area contributed by atoms with Gasteiger partial charge in [-0.1, -0.05) is 51.7 Å². The number of carbonyl (C=O) groups is 4. The Bertz CT molecular complexity index is 1060. The standard InChI is InChI=1S/C30H45N3O7/c1-6-29(3,38)24(26(31)35)18(2)27(36)33-23(16-20-11-13-21(39-5)14-12-20)28(37)32-22(15-19-9-7-8-10-19)25(34)30(4)17-40-30/h11-14,18-19,22-24,38H,6-10,15-17H2,1-5H3,(H2,31,35)(H,32,37)(H,33,36)/t18-,22+,23+,24?,29?,30-/m1/s1. The number of ether oxygens (including phenoxy) is 2. The van der Waals surface area contributed by atoms with Gasteiger partial charge in [-0.05, 0) is 50.3 Å². The second-order valence-electron chi connectivity index (χ2n) is 11.8. The van der Waals surface area contributed by atoms with E-state index in [-0.39, 0.29) is 18.6 Å². The summed E-state index contributed by atoms with van der Waals surface area (Å²) in [7, 11) is 1.55. The van der Waals surface area contributed by atoms with Crippen molar-refractivity contribution in [3.05, 3.63) is 29.8 Å². The van der Waals surface area contributed by atoms with Crippen molar-refractivity contribution in [1.82, 2.24) is 10.6 Å². The topological polar surface area (TPSA) is 160 Å². The van der Waals surface area contributed by atoms with Crippen LogP contribution in [0, 0.1) is 17.8 Å². The highest BCUT2D eigenvalue weighted by atomic mass is 16.6. The molecule has 10 heteroatoms. The molecule has 1 aromatic carbocycles. The van der Waals surface area contributed by atoms with Crippen LogP contribution in [0.3, 0.4) is 0 Å². The molecule has 0 spiro atoms. The first-order chi connectivity index (χ1) is 18.8. The van der Waals surface area contributed by atoms with Crippen LogP contribution in [-0.4, -0.2) is 65.6 Å². The maximum absolute atomic E-state index is 13.7. The molecule has 1 aliphatic carbocycles. The minimum absolute atomic E-state index is 0.137. The SMILES string of the molecule is CCC(C)(O)C(C(N)=O)[C@@H](C)C(=O)N[C@@H](Cc1ccc(OC)cc1)C(=O)N[C@@H](CC1CCCC1)C(=O)[C@@]1(C)CO1. The molecule has 40 heavy (non-hydrogen) atoms. The third-order valence-corrected chi connectivity index (χ3v) is 8.61. The van der Waals surface area contributed by atoms with Crippen LogP contribution in [0.5, 0.6) is 5.75 Å². The van der Waals surface area contributed by atoms with Crippen LogP contribution in [-0.2, 0) is 30.3 Å². The summed E-state index contributed by atoms with van der Waals surface area (Å²) in [6, 6.07) is 5.32. The number of hydrogen-bond acceptors (Lipinski definition) is 7. The van der Waals surface area contributed by atoms with Crippen molar-refractivity contribution in [2.24, 2.45) is 23.5 Å². The molecular formula is C30H45N3O7. The Balaban J connectivity index is 1.84. The van der Waals surface area contributed by atoms with E-state index in [4.69, 9.17) is 15.2 Å². The summed E-state index contributed by atoms with van der Waals surface area (Å²) < 4.78 is 10.6. The molecule has 2 aliphatic rings. The number of carbonyl (C=O) groups excluding carboxylic acids is 4.